The first-order valence-electron chi connectivity index (χ1n) is 5.07. The summed E-state index contributed by atoms with van der Waals surface area (Å²) in [6, 6.07) is 5.88. The van der Waals surface area contributed by atoms with Gasteiger partial charge in [-0.25, -0.2) is 0 Å². The van der Waals surface area contributed by atoms with Crippen molar-refractivity contribution < 1.29 is 9.47 Å². The van der Waals surface area contributed by atoms with Crippen molar-refractivity contribution in [3.05, 3.63) is 18.2 Å². The number of nitrogens with zero attached hydrogens (tertiary/aromatic N) is 1. The molecule has 1 aliphatic heterocycles. The lowest BCUT2D eigenvalue weighted by atomic mass is 10.2. The average Bonchev–Trinajstić information content (AvgIpc) is 2.30. The van der Waals surface area contributed by atoms with E-state index in [4.69, 9.17) is 15.2 Å². The molecule has 1 aromatic carbocycles. The highest BCUT2D eigenvalue weighted by atomic mass is 16.5. The molecule has 0 bridgehead atoms. The Bertz CT molecular complexity index is 335. The third-order valence-electron chi connectivity index (χ3n) is 2.59. The number of methoxy groups -OCH3 is 1. The number of nitrogens with two attached hydrogens (primary N) is 1. The number of benzene rings is 1. The number of hydrogen-bond acceptors (Lipinski definition) is 4. The molecule has 1 aliphatic rings. The van der Waals surface area contributed by atoms with Crippen LogP contribution in [0.2, 0.25) is 0 Å². The number of ether oxygens (including phenoxy) is 2. The summed E-state index contributed by atoms with van der Waals surface area (Å²) in [5.74, 6) is 0.729. The molecule has 1 saturated heterocycles. The van der Waals surface area contributed by atoms with Crippen LogP contribution in [0.5, 0.6) is 5.75 Å². The monoisotopic (exact) mass is 208 g/mol. The van der Waals surface area contributed by atoms with Gasteiger partial charge in [-0.15, -0.1) is 0 Å². The zero-order valence-electron chi connectivity index (χ0n) is 8.90. The molecule has 82 valence electrons. The predicted molar refractivity (Wildman–Crippen MR) is 60.4 cm³/mol. The van der Waals surface area contributed by atoms with Gasteiger partial charge in [0.05, 0.1) is 26.0 Å². The zero-order valence-corrected chi connectivity index (χ0v) is 8.90. The van der Waals surface area contributed by atoms with Gasteiger partial charge in [0.25, 0.3) is 0 Å². The summed E-state index contributed by atoms with van der Waals surface area (Å²) in [5, 5.41) is 0. The molecule has 2 rings (SSSR count). The van der Waals surface area contributed by atoms with Crippen molar-refractivity contribution in [2.45, 2.75) is 0 Å². The van der Waals surface area contributed by atoms with Gasteiger partial charge in [0.1, 0.15) is 5.75 Å². The van der Waals surface area contributed by atoms with Crippen LogP contribution in [0.15, 0.2) is 18.2 Å². The Morgan fingerprint density at radius 3 is 2.67 bits per heavy atom. The Hall–Kier alpha value is -1.42. The summed E-state index contributed by atoms with van der Waals surface area (Å²) in [7, 11) is 1.63. The van der Waals surface area contributed by atoms with E-state index in [0.717, 1.165) is 37.7 Å². The SMILES string of the molecule is COc1ccc(N2CCOCC2)cc1N. The van der Waals surface area contributed by atoms with Crippen molar-refractivity contribution in [2.24, 2.45) is 0 Å². The van der Waals surface area contributed by atoms with E-state index in [9.17, 15) is 0 Å². The summed E-state index contributed by atoms with van der Waals surface area (Å²) in [6.07, 6.45) is 0. The normalized spacial score (nSPS) is 16.5. The van der Waals surface area contributed by atoms with Crippen LogP contribution >= 0.6 is 0 Å². The van der Waals surface area contributed by atoms with Crippen LogP contribution in [0.3, 0.4) is 0 Å². The number of hydrogen-bond donors (Lipinski definition) is 1. The molecule has 1 fully saturated rings. The van der Waals surface area contributed by atoms with Gasteiger partial charge in [-0.05, 0) is 18.2 Å². The van der Waals surface area contributed by atoms with E-state index in [-0.39, 0.29) is 0 Å². The topological polar surface area (TPSA) is 47.7 Å². The van der Waals surface area contributed by atoms with Crippen molar-refractivity contribution in [3.63, 3.8) is 0 Å². The van der Waals surface area contributed by atoms with Crippen LogP contribution in [0.25, 0.3) is 0 Å². The Balaban J connectivity index is 2.17. The zero-order chi connectivity index (χ0) is 10.7. The molecule has 0 spiro atoms. The molecule has 0 atom stereocenters. The smallest absolute Gasteiger partial charge is 0.141 e. The van der Waals surface area contributed by atoms with Crippen LogP contribution in [-0.4, -0.2) is 33.4 Å². The first-order valence-corrected chi connectivity index (χ1v) is 5.07. The summed E-state index contributed by atoms with van der Waals surface area (Å²) in [4.78, 5) is 2.26. The Labute approximate surface area is 89.6 Å². The van der Waals surface area contributed by atoms with Crippen molar-refractivity contribution in [3.8, 4) is 5.75 Å². The van der Waals surface area contributed by atoms with Crippen LogP contribution < -0.4 is 15.4 Å². The Kier molecular flexibility index (Phi) is 2.97. The minimum atomic E-state index is 0.682. The first kappa shape index (κ1) is 10.1. The maximum absolute atomic E-state index is 5.86. The van der Waals surface area contributed by atoms with Crippen molar-refractivity contribution >= 4 is 11.4 Å². The molecule has 2 N–H and O–H groups in total. The summed E-state index contributed by atoms with van der Waals surface area (Å²) < 4.78 is 10.4. The third-order valence-corrected chi connectivity index (χ3v) is 2.59. The lowest BCUT2D eigenvalue weighted by Crippen LogP contribution is -2.36. The molecule has 1 heterocycles. The lowest BCUT2D eigenvalue weighted by molar-refractivity contribution is 0.122. The highest BCUT2D eigenvalue weighted by molar-refractivity contribution is 5.63. The predicted octanol–water partition coefficient (Wildman–Crippen LogP) is 1.11. The molecule has 0 unspecified atom stereocenters. The molecule has 4 heteroatoms. The number of anilines is 2. The summed E-state index contributed by atoms with van der Waals surface area (Å²) >= 11 is 0. The molecule has 0 aromatic heterocycles. The molecule has 0 radical (unpaired) electrons. The van der Waals surface area contributed by atoms with E-state index in [0.29, 0.717) is 5.69 Å². The summed E-state index contributed by atoms with van der Waals surface area (Å²) in [5.41, 5.74) is 7.67. The maximum Gasteiger partial charge on any atom is 0.141 e. The molecular formula is C11H16N2O2. The third kappa shape index (κ3) is 2.15. The van der Waals surface area contributed by atoms with Gasteiger partial charge in [0.15, 0.2) is 0 Å². The molecule has 15 heavy (non-hydrogen) atoms. The Morgan fingerprint density at radius 1 is 1.33 bits per heavy atom. The van der Waals surface area contributed by atoms with Crippen LogP contribution in [-0.2, 0) is 4.74 Å². The highest BCUT2D eigenvalue weighted by Crippen LogP contribution is 2.27. The van der Waals surface area contributed by atoms with Gasteiger partial charge < -0.3 is 20.1 Å². The number of rotatable bonds is 2. The van der Waals surface area contributed by atoms with Gasteiger partial charge in [0.2, 0.25) is 0 Å². The summed E-state index contributed by atoms with van der Waals surface area (Å²) in [6.45, 7) is 3.41. The molecule has 0 aliphatic carbocycles. The fourth-order valence-electron chi connectivity index (χ4n) is 1.74. The van der Waals surface area contributed by atoms with E-state index >= 15 is 0 Å². The van der Waals surface area contributed by atoms with Crippen molar-refractivity contribution in [2.75, 3.05) is 44.0 Å². The van der Waals surface area contributed by atoms with Gasteiger partial charge in [-0.1, -0.05) is 0 Å². The van der Waals surface area contributed by atoms with Crippen molar-refractivity contribution in [1.29, 1.82) is 0 Å². The van der Waals surface area contributed by atoms with Gasteiger partial charge >= 0.3 is 0 Å². The highest BCUT2D eigenvalue weighted by Gasteiger charge is 2.12. The minimum absolute atomic E-state index is 0.682. The maximum atomic E-state index is 5.86. The average molecular weight is 208 g/mol. The molecule has 0 amide bonds. The van der Waals surface area contributed by atoms with Gasteiger partial charge in [-0.3, -0.25) is 0 Å². The van der Waals surface area contributed by atoms with E-state index in [2.05, 4.69) is 4.90 Å². The van der Waals surface area contributed by atoms with E-state index < -0.39 is 0 Å². The molecule has 0 saturated carbocycles. The van der Waals surface area contributed by atoms with Crippen LogP contribution in [0, 0.1) is 0 Å². The number of nitrogen functional groups attached to an aromatic ring is 1. The molecule has 4 nitrogen and oxygen atoms in total. The Morgan fingerprint density at radius 2 is 2.07 bits per heavy atom. The fourth-order valence-corrected chi connectivity index (χ4v) is 1.74. The molecular weight excluding hydrogens is 192 g/mol. The van der Waals surface area contributed by atoms with E-state index in [1.807, 2.05) is 18.2 Å². The minimum Gasteiger partial charge on any atom is -0.495 e. The first-order chi connectivity index (χ1) is 7.31. The van der Waals surface area contributed by atoms with Gasteiger partial charge in [0, 0.05) is 18.8 Å². The lowest BCUT2D eigenvalue weighted by Gasteiger charge is -2.29. The second-order valence-corrected chi connectivity index (χ2v) is 3.53. The quantitative estimate of drug-likeness (QED) is 0.740. The second kappa shape index (κ2) is 4.40. The van der Waals surface area contributed by atoms with Crippen LogP contribution in [0.1, 0.15) is 0 Å². The van der Waals surface area contributed by atoms with Crippen molar-refractivity contribution in [1.82, 2.24) is 0 Å². The second-order valence-electron chi connectivity index (χ2n) is 3.53. The van der Waals surface area contributed by atoms with E-state index in [1.165, 1.54) is 0 Å². The largest absolute Gasteiger partial charge is 0.495 e. The standard InChI is InChI=1S/C11H16N2O2/c1-14-11-3-2-9(8-10(11)12)13-4-6-15-7-5-13/h2-3,8H,4-7,12H2,1H3. The van der Waals surface area contributed by atoms with E-state index in [1.54, 1.807) is 7.11 Å². The molecule has 1 aromatic rings. The number of morpholine rings is 1. The fraction of sp³-hybridized carbons (Fsp3) is 0.455. The van der Waals surface area contributed by atoms with Crippen LogP contribution in [0.4, 0.5) is 11.4 Å². The van der Waals surface area contributed by atoms with Gasteiger partial charge in [-0.2, -0.15) is 0 Å².